The summed E-state index contributed by atoms with van der Waals surface area (Å²) in [6, 6.07) is -5.27. The second-order valence-corrected chi connectivity index (χ2v) is 8.78. The molecule has 0 aliphatic carbocycles. The lowest BCUT2D eigenvalue weighted by Crippen LogP contribution is -2.58. The topological polar surface area (TPSA) is 260 Å². The molecule has 4 atom stereocenters. The molecule has 36 heavy (non-hydrogen) atoms. The number of nitrogens with two attached hydrogens (primary N) is 2. The number of carbonyl (C=O) groups is 6. The lowest BCUT2D eigenvalue weighted by molar-refractivity contribution is -0.143. The van der Waals surface area contributed by atoms with Crippen LogP contribution in [-0.2, 0) is 35.2 Å². The number of thioether (sulfide) groups is 1. The van der Waals surface area contributed by atoms with Crippen molar-refractivity contribution in [1.29, 1.82) is 0 Å². The fourth-order valence-electron chi connectivity index (χ4n) is 2.99. The molecule has 1 rings (SSSR count). The number of carbonyl (C=O) groups excluding carboxylic acids is 4. The zero-order chi connectivity index (χ0) is 27.3. The van der Waals surface area contributed by atoms with Crippen LogP contribution in [0.25, 0.3) is 0 Å². The Labute approximate surface area is 210 Å². The first-order valence-corrected chi connectivity index (χ1v) is 12.2. The van der Waals surface area contributed by atoms with E-state index in [-0.39, 0.29) is 19.3 Å². The van der Waals surface area contributed by atoms with Gasteiger partial charge in [0.1, 0.15) is 18.1 Å². The van der Waals surface area contributed by atoms with Crippen molar-refractivity contribution in [3.63, 3.8) is 0 Å². The number of hydrogen-bond acceptors (Lipinski definition) is 9. The number of nitrogens with one attached hydrogen (secondary N) is 4. The number of nitrogens with zero attached hydrogens (tertiary/aromatic N) is 1. The zero-order valence-corrected chi connectivity index (χ0v) is 20.4. The van der Waals surface area contributed by atoms with Crippen LogP contribution in [0.5, 0.6) is 0 Å². The highest BCUT2D eigenvalue weighted by Gasteiger charge is 2.31. The van der Waals surface area contributed by atoms with E-state index < -0.39 is 72.6 Å². The van der Waals surface area contributed by atoms with Gasteiger partial charge in [0.25, 0.3) is 0 Å². The number of carboxylic acids is 2. The van der Waals surface area contributed by atoms with Crippen molar-refractivity contribution in [3.8, 4) is 0 Å². The smallest absolute Gasteiger partial charge is 0.326 e. The lowest BCUT2D eigenvalue weighted by Gasteiger charge is -2.24. The molecule has 0 fully saturated rings. The summed E-state index contributed by atoms with van der Waals surface area (Å²) < 4.78 is 0. The van der Waals surface area contributed by atoms with E-state index in [4.69, 9.17) is 16.6 Å². The molecule has 4 amide bonds. The largest absolute Gasteiger partial charge is 0.481 e. The maximum Gasteiger partial charge on any atom is 0.326 e. The lowest BCUT2D eigenvalue weighted by atomic mass is 10.1. The molecular weight excluding hydrogens is 498 g/mol. The molecule has 0 aromatic carbocycles. The normalized spacial score (nSPS) is 14.1. The third kappa shape index (κ3) is 11.2. The van der Waals surface area contributed by atoms with Gasteiger partial charge in [-0.2, -0.15) is 11.8 Å². The molecule has 0 aliphatic rings. The Morgan fingerprint density at radius 1 is 1.00 bits per heavy atom. The van der Waals surface area contributed by atoms with E-state index in [1.807, 2.05) is 0 Å². The van der Waals surface area contributed by atoms with E-state index in [1.54, 1.807) is 6.26 Å². The maximum absolute atomic E-state index is 12.9. The van der Waals surface area contributed by atoms with Gasteiger partial charge in [0.2, 0.25) is 23.6 Å². The monoisotopic (exact) mass is 529 g/mol. The number of imidazole rings is 1. The van der Waals surface area contributed by atoms with Gasteiger partial charge in [-0.25, -0.2) is 9.78 Å². The molecular formula is C20H31N7O8S. The number of carboxylic acid groups (broad SMARTS) is 2. The van der Waals surface area contributed by atoms with Gasteiger partial charge in [0.15, 0.2) is 0 Å². The number of aliphatic carboxylic acids is 2. The summed E-state index contributed by atoms with van der Waals surface area (Å²) in [7, 11) is 0. The van der Waals surface area contributed by atoms with E-state index in [0.717, 1.165) is 0 Å². The average molecular weight is 530 g/mol. The number of aromatic amines is 1. The molecule has 15 nitrogen and oxygen atoms in total. The molecule has 0 spiro atoms. The summed E-state index contributed by atoms with van der Waals surface area (Å²) in [4.78, 5) is 78.4. The third-order valence-electron chi connectivity index (χ3n) is 4.87. The molecule has 1 aromatic heterocycles. The highest BCUT2D eigenvalue weighted by molar-refractivity contribution is 7.98. The number of hydrogen-bond donors (Lipinski definition) is 8. The zero-order valence-electron chi connectivity index (χ0n) is 19.6. The molecule has 0 saturated heterocycles. The van der Waals surface area contributed by atoms with Gasteiger partial charge in [0, 0.05) is 24.7 Å². The van der Waals surface area contributed by atoms with Crippen molar-refractivity contribution in [2.45, 2.75) is 56.3 Å². The molecule has 0 bridgehead atoms. The van der Waals surface area contributed by atoms with Crippen molar-refractivity contribution in [1.82, 2.24) is 25.9 Å². The molecule has 0 aliphatic heterocycles. The molecule has 0 saturated carbocycles. The second kappa shape index (κ2) is 15.4. The molecule has 1 heterocycles. The third-order valence-corrected chi connectivity index (χ3v) is 5.52. The van der Waals surface area contributed by atoms with E-state index in [0.29, 0.717) is 11.4 Å². The van der Waals surface area contributed by atoms with Crippen LogP contribution < -0.4 is 27.4 Å². The van der Waals surface area contributed by atoms with Gasteiger partial charge in [-0.05, 0) is 24.9 Å². The molecule has 1 aromatic rings. The van der Waals surface area contributed by atoms with Crippen molar-refractivity contribution < 1.29 is 39.0 Å². The summed E-state index contributed by atoms with van der Waals surface area (Å²) in [6.45, 7) is 0. The molecule has 4 unspecified atom stereocenters. The summed E-state index contributed by atoms with van der Waals surface area (Å²) in [5.41, 5.74) is 11.6. The summed E-state index contributed by atoms with van der Waals surface area (Å²) >= 11 is 1.36. The number of amides is 4. The molecule has 16 heteroatoms. The summed E-state index contributed by atoms with van der Waals surface area (Å²) in [6.07, 6.45) is 3.33. The highest BCUT2D eigenvalue weighted by Crippen LogP contribution is 2.06. The van der Waals surface area contributed by atoms with Crippen molar-refractivity contribution in [3.05, 3.63) is 18.2 Å². The standard InChI is InChI=1S/C20H31N7O8S/c1-36-5-4-12(18(32)26-13(20(34)35)2-3-16(29)30)25-19(33)14(7-15(22)28)27-17(31)11(21)6-10-8-23-9-24-10/h8-9,11-14H,2-7,21H2,1H3,(H2,22,28)(H,23,24)(H,25,33)(H,26,32)(H,27,31)(H,29,30)(H,34,35). The average Bonchev–Trinajstić information content (AvgIpc) is 3.30. The Bertz CT molecular complexity index is 927. The minimum Gasteiger partial charge on any atom is -0.481 e. The minimum absolute atomic E-state index is 0.0718. The van der Waals surface area contributed by atoms with Gasteiger partial charge in [-0.3, -0.25) is 24.0 Å². The van der Waals surface area contributed by atoms with E-state index in [9.17, 15) is 33.9 Å². The van der Waals surface area contributed by atoms with Crippen LogP contribution in [-0.4, -0.2) is 91.9 Å². The maximum atomic E-state index is 12.9. The fourth-order valence-corrected chi connectivity index (χ4v) is 3.46. The van der Waals surface area contributed by atoms with Crippen LogP contribution in [0.2, 0.25) is 0 Å². The Morgan fingerprint density at radius 3 is 2.14 bits per heavy atom. The SMILES string of the molecule is CSCCC(NC(=O)C(CC(N)=O)NC(=O)C(N)Cc1cnc[nH]1)C(=O)NC(CCC(=O)O)C(=O)O. The van der Waals surface area contributed by atoms with Crippen molar-refractivity contribution >= 4 is 47.3 Å². The first-order chi connectivity index (χ1) is 16.9. The predicted octanol–water partition coefficient (Wildman–Crippen LogP) is -2.69. The number of H-pyrrole nitrogens is 1. The van der Waals surface area contributed by atoms with Gasteiger partial charge in [-0.15, -0.1) is 0 Å². The van der Waals surface area contributed by atoms with Crippen LogP contribution in [0, 0.1) is 0 Å². The Hall–Kier alpha value is -3.66. The number of aromatic nitrogens is 2. The number of rotatable bonds is 17. The first kappa shape index (κ1) is 30.4. The summed E-state index contributed by atoms with van der Waals surface area (Å²) in [5, 5.41) is 25.0. The van der Waals surface area contributed by atoms with E-state index in [1.165, 1.54) is 24.3 Å². The van der Waals surface area contributed by atoms with Gasteiger partial charge < -0.3 is 42.6 Å². The van der Waals surface area contributed by atoms with Gasteiger partial charge >= 0.3 is 11.9 Å². The Kier molecular flexibility index (Phi) is 13.0. The Balaban J connectivity index is 2.93. The van der Waals surface area contributed by atoms with Crippen LogP contribution in [0.15, 0.2) is 12.5 Å². The molecule has 200 valence electrons. The minimum atomic E-state index is -1.50. The molecule has 10 N–H and O–H groups in total. The van der Waals surface area contributed by atoms with Crippen LogP contribution >= 0.6 is 11.8 Å². The molecule has 0 radical (unpaired) electrons. The number of primary amides is 1. The highest BCUT2D eigenvalue weighted by atomic mass is 32.2. The summed E-state index contributed by atoms with van der Waals surface area (Å²) in [5.74, 6) is -5.71. The van der Waals surface area contributed by atoms with Crippen molar-refractivity contribution in [2.75, 3.05) is 12.0 Å². The van der Waals surface area contributed by atoms with Crippen molar-refractivity contribution in [2.24, 2.45) is 11.5 Å². The van der Waals surface area contributed by atoms with Crippen LogP contribution in [0.1, 0.15) is 31.4 Å². The van der Waals surface area contributed by atoms with E-state index in [2.05, 4.69) is 25.9 Å². The second-order valence-electron chi connectivity index (χ2n) is 7.79. The van der Waals surface area contributed by atoms with Gasteiger partial charge in [0.05, 0.1) is 18.8 Å². The predicted molar refractivity (Wildman–Crippen MR) is 127 cm³/mol. The van der Waals surface area contributed by atoms with Gasteiger partial charge in [-0.1, -0.05) is 0 Å². The van der Waals surface area contributed by atoms with Crippen LogP contribution in [0.3, 0.4) is 0 Å². The van der Waals surface area contributed by atoms with Crippen LogP contribution in [0.4, 0.5) is 0 Å². The Morgan fingerprint density at radius 2 is 1.61 bits per heavy atom. The fraction of sp³-hybridized carbons (Fsp3) is 0.550. The van der Waals surface area contributed by atoms with E-state index >= 15 is 0 Å². The first-order valence-electron chi connectivity index (χ1n) is 10.8. The quantitative estimate of drug-likeness (QED) is 0.103.